The summed E-state index contributed by atoms with van der Waals surface area (Å²) in [5.41, 5.74) is 1.30. The summed E-state index contributed by atoms with van der Waals surface area (Å²) in [6.07, 6.45) is 10.7. The lowest BCUT2D eigenvalue weighted by molar-refractivity contribution is -0.123. The summed E-state index contributed by atoms with van der Waals surface area (Å²) in [7, 11) is 0. The van der Waals surface area contributed by atoms with Crippen molar-refractivity contribution in [3.8, 4) is 0 Å². The van der Waals surface area contributed by atoms with Gasteiger partial charge in [-0.3, -0.25) is 14.5 Å². The largest absolute Gasteiger partial charge is 0.483 e. The van der Waals surface area contributed by atoms with E-state index >= 15 is 0 Å². The Morgan fingerprint density at radius 2 is 1.47 bits per heavy atom. The van der Waals surface area contributed by atoms with Crippen LogP contribution >= 0.6 is 0 Å². The number of piperazine rings is 1. The van der Waals surface area contributed by atoms with E-state index in [1.807, 2.05) is 11.0 Å². The van der Waals surface area contributed by atoms with Crippen molar-refractivity contribution in [2.45, 2.75) is 37.6 Å². The topological polar surface area (TPSA) is 113 Å². The van der Waals surface area contributed by atoms with Crippen LogP contribution in [0.1, 0.15) is 37.7 Å². The first-order valence-corrected chi connectivity index (χ1v) is 11.9. The molecule has 3 N–H and O–H groups in total. The van der Waals surface area contributed by atoms with Crippen LogP contribution in [0.2, 0.25) is 0 Å². The first-order chi connectivity index (χ1) is 16.6. The number of carbonyl (C=O) groups is 3. The Labute approximate surface area is 202 Å². The highest BCUT2D eigenvalue weighted by molar-refractivity contribution is 5.75. The lowest BCUT2D eigenvalue weighted by Gasteiger charge is -2.36. The minimum atomic E-state index is -0.250. The Kier molecular flexibility index (Phi) is 12.1. The lowest BCUT2D eigenvalue weighted by atomic mass is 10.1. The van der Waals surface area contributed by atoms with Gasteiger partial charge in [-0.25, -0.2) is 4.79 Å². The molecular weight excluding hydrogens is 436 g/mol. The van der Waals surface area contributed by atoms with Crippen LogP contribution in [-0.4, -0.2) is 102 Å². The molecule has 9 heteroatoms. The van der Waals surface area contributed by atoms with Crippen molar-refractivity contribution in [3.05, 3.63) is 42.0 Å². The Morgan fingerprint density at radius 1 is 0.882 bits per heavy atom. The molecule has 0 radical (unpaired) electrons. The van der Waals surface area contributed by atoms with Crippen LogP contribution in [0.3, 0.4) is 0 Å². The zero-order valence-electron chi connectivity index (χ0n) is 19.8. The highest BCUT2D eigenvalue weighted by Gasteiger charge is 2.46. The number of rotatable bonds is 6. The van der Waals surface area contributed by atoms with E-state index in [9.17, 15) is 4.79 Å². The van der Waals surface area contributed by atoms with Gasteiger partial charge < -0.3 is 25.3 Å². The Morgan fingerprint density at radius 3 is 2.03 bits per heavy atom. The third kappa shape index (κ3) is 9.93. The number of hydrogen-bond acceptors (Lipinski definition) is 5. The lowest BCUT2D eigenvalue weighted by Crippen LogP contribution is -2.56. The number of nitrogens with zero attached hydrogens (tertiary/aromatic N) is 3. The molecule has 4 rings (SSSR count). The highest BCUT2D eigenvalue weighted by Crippen LogP contribution is 2.37. The van der Waals surface area contributed by atoms with E-state index in [-0.39, 0.29) is 24.5 Å². The third-order valence-corrected chi connectivity index (χ3v) is 6.33. The van der Waals surface area contributed by atoms with Crippen molar-refractivity contribution in [3.63, 3.8) is 0 Å². The zero-order chi connectivity index (χ0) is 24.7. The van der Waals surface area contributed by atoms with Crippen LogP contribution in [0.15, 0.2) is 36.4 Å². The molecule has 3 aliphatic rings. The summed E-state index contributed by atoms with van der Waals surface area (Å²) in [5, 5.41) is 17.2. The smallest absolute Gasteiger partial charge is 0.317 e. The fourth-order valence-electron chi connectivity index (χ4n) is 4.36. The molecule has 0 bridgehead atoms. The molecule has 188 valence electrons. The van der Waals surface area contributed by atoms with Crippen LogP contribution in [0.5, 0.6) is 0 Å². The van der Waals surface area contributed by atoms with E-state index < -0.39 is 0 Å². The van der Waals surface area contributed by atoms with Gasteiger partial charge >= 0.3 is 6.03 Å². The second-order valence-corrected chi connectivity index (χ2v) is 8.86. The minimum absolute atomic E-state index is 0.0595. The maximum Gasteiger partial charge on any atom is 0.317 e. The maximum absolute atomic E-state index is 12.8. The van der Waals surface area contributed by atoms with Crippen molar-refractivity contribution in [1.29, 1.82) is 0 Å². The van der Waals surface area contributed by atoms with Crippen molar-refractivity contribution in [2.24, 2.45) is 0 Å². The summed E-state index contributed by atoms with van der Waals surface area (Å²) in [5.74, 6) is 0. The number of urea groups is 1. The van der Waals surface area contributed by atoms with Crippen LogP contribution in [-0.2, 0) is 9.59 Å². The second kappa shape index (κ2) is 15.1. The average Bonchev–Trinajstić information content (AvgIpc) is 3.60. The predicted octanol–water partition coefficient (Wildman–Crippen LogP) is 2.45. The molecule has 34 heavy (non-hydrogen) atoms. The van der Waals surface area contributed by atoms with Crippen LogP contribution in [0.25, 0.3) is 6.08 Å². The quantitative estimate of drug-likeness (QED) is 0.543. The molecule has 3 fully saturated rings. The van der Waals surface area contributed by atoms with E-state index in [0.717, 1.165) is 52.1 Å². The number of nitrogens with one attached hydrogen (secondary N) is 1. The number of piperidine rings is 1. The van der Waals surface area contributed by atoms with Crippen LogP contribution in [0, 0.1) is 0 Å². The Hall–Kier alpha value is -2.91. The molecule has 1 aromatic rings. The molecule has 0 aromatic heterocycles. The van der Waals surface area contributed by atoms with Gasteiger partial charge in [0.15, 0.2) is 0 Å². The minimum Gasteiger partial charge on any atom is -0.483 e. The normalized spacial score (nSPS) is 19.7. The van der Waals surface area contributed by atoms with Crippen LogP contribution in [0.4, 0.5) is 4.79 Å². The molecule has 0 atom stereocenters. The van der Waals surface area contributed by atoms with E-state index in [4.69, 9.17) is 19.8 Å². The van der Waals surface area contributed by atoms with Gasteiger partial charge in [0.05, 0.1) is 5.54 Å². The molecule has 2 saturated heterocycles. The number of amides is 2. The first kappa shape index (κ1) is 27.3. The van der Waals surface area contributed by atoms with Crippen molar-refractivity contribution in [1.82, 2.24) is 20.0 Å². The van der Waals surface area contributed by atoms with Gasteiger partial charge in [0.2, 0.25) is 0 Å². The van der Waals surface area contributed by atoms with E-state index in [0.29, 0.717) is 0 Å². The zero-order valence-corrected chi connectivity index (χ0v) is 19.8. The maximum atomic E-state index is 12.8. The summed E-state index contributed by atoms with van der Waals surface area (Å²) < 4.78 is 0. The summed E-state index contributed by atoms with van der Waals surface area (Å²) in [4.78, 5) is 36.5. The third-order valence-electron chi connectivity index (χ3n) is 6.33. The van der Waals surface area contributed by atoms with Crippen molar-refractivity contribution in [2.75, 3.05) is 52.4 Å². The van der Waals surface area contributed by atoms with Gasteiger partial charge in [0, 0.05) is 39.3 Å². The van der Waals surface area contributed by atoms with Crippen molar-refractivity contribution < 1.29 is 24.6 Å². The predicted molar refractivity (Wildman–Crippen MR) is 132 cm³/mol. The molecule has 0 spiro atoms. The van der Waals surface area contributed by atoms with Gasteiger partial charge in [-0.1, -0.05) is 48.9 Å². The molecule has 9 nitrogen and oxygen atoms in total. The monoisotopic (exact) mass is 474 g/mol. The van der Waals surface area contributed by atoms with Crippen LogP contribution < -0.4 is 5.32 Å². The summed E-state index contributed by atoms with van der Waals surface area (Å²) >= 11 is 0. The SMILES string of the molecule is O=C(NC1(CN2CCCCC2)CC1)N1CCN(CC=Cc2ccccc2)CC1.O=CO.O=CO. The van der Waals surface area contributed by atoms with E-state index in [2.05, 4.69) is 51.5 Å². The molecule has 0 unspecified atom stereocenters. The van der Waals surface area contributed by atoms with Gasteiger partial charge in [-0.2, -0.15) is 0 Å². The molecule has 2 heterocycles. The van der Waals surface area contributed by atoms with E-state index in [1.165, 1.54) is 37.9 Å². The number of likely N-dealkylation sites (tertiary alicyclic amines) is 1. The van der Waals surface area contributed by atoms with Crippen molar-refractivity contribution >= 4 is 25.1 Å². The standard InChI is InChI=1S/C23H34N4O.2CH2O2/c28-22(24-23(11-12-23)20-26-13-5-2-6-14-26)27-18-16-25(17-19-27)15-7-10-21-8-3-1-4-9-21;2*2-1-3/h1,3-4,7-10H,2,5-6,11-20H2,(H,24,28);2*1H,(H,2,3). The van der Waals surface area contributed by atoms with E-state index in [1.54, 1.807) is 0 Å². The number of carbonyl (C=O) groups excluding carboxylic acids is 1. The molecule has 1 aromatic carbocycles. The fourth-order valence-corrected chi connectivity index (χ4v) is 4.36. The van der Waals surface area contributed by atoms with Gasteiger partial charge in [0.1, 0.15) is 0 Å². The highest BCUT2D eigenvalue weighted by atomic mass is 16.3. The number of hydrogen-bond donors (Lipinski definition) is 3. The van der Waals surface area contributed by atoms with Gasteiger partial charge in [-0.15, -0.1) is 0 Å². The van der Waals surface area contributed by atoms with Gasteiger partial charge in [0.25, 0.3) is 12.9 Å². The number of benzene rings is 1. The summed E-state index contributed by atoms with van der Waals surface area (Å²) in [6.45, 7) is 7.44. The first-order valence-electron chi connectivity index (χ1n) is 11.9. The second-order valence-electron chi connectivity index (χ2n) is 8.86. The molecule has 2 aliphatic heterocycles. The fraction of sp³-hybridized carbons (Fsp3) is 0.560. The molecule has 1 aliphatic carbocycles. The molecule has 1 saturated carbocycles. The number of carboxylic acid groups (broad SMARTS) is 2. The van der Waals surface area contributed by atoms with Gasteiger partial charge in [-0.05, 0) is 44.3 Å². The molecule has 2 amide bonds. The Balaban J connectivity index is 0.000000618. The molecular formula is C25H38N4O5. The average molecular weight is 475 g/mol. The summed E-state index contributed by atoms with van der Waals surface area (Å²) in [6, 6.07) is 10.6. The Bertz CT molecular complexity index is 750.